The number of aryl methyl sites for hydroxylation is 1. The highest BCUT2D eigenvalue weighted by molar-refractivity contribution is 5.70. The molecule has 0 saturated carbocycles. The number of rotatable bonds is 4. The molecular formula is C12H20N2. The topological polar surface area (TPSA) is 38.0 Å². The maximum Gasteiger partial charge on any atom is 0.0605 e. The third-order valence-electron chi connectivity index (χ3n) is 2.42. The van der Waals surface area contributed by atoms with E-state index in [4.69, 9.17) is 5.73 Å². The fourth-order valence-electron chi connectivity index (χ4n) is 1.64. The Morgan fingerprint density at radius 3 is 2.71 bits per heavy atom. The van der Waals surface area contributed by atoms with Crippen LogP contribution in [0.2, 0.25) is 0 Å². The van der Waals surface area contributed by atoms with Crippen LogP contribution in [0, 0.1) is 6.92 Å². The molecule has 0 aliphatic rings. The largest absolute Gasteiger partial charge is 0.397 e. The average molecular weight is 192 g/mol. The zero-order valence-electron chi connectivity index (χ0n) is 9.30. The smallest absolute Gasteiger partial charge is 0.0605 e. The van der Waals surface area contributed by atoms with Crippen molar-refractivity contribution in [2.24, 2.45) is 0 Å². The van der Waals surface area contributed by atoms with Crippen molar-refractivity contribution in [3.63, 3.8) is 0 Å². The summed E-state index contributed by atoms with van der Waals surface area (Å²) in [6.07, 6.45) is 2.37. The van der Waals surface area contributed by atoms with Gasteiger partial charge in [0.25, 0.3) is 0 Å². The lowest BCUT2D eigenvalue weighted by molar-refractivity contribution is 0.690. The minimum atomic E-state index is 0.489. The van der Waals surface area contributed by atoms with Crippen LogP contribution < -0.4 is 11.1 Å². The third-order valence-corrected chi connectivity index (χ3v) is 2.42. The van der Waals surface area contributed by atoms with Crippen LogP contribution in [0.25, 0.3) is 0 Å². The van der Waals surface area contributed by atoms with Crippen molar-refractivity contribution < 1.29 is 0 Å². The first-order chi connectivity index (χ1) is 6.65. The van der Waals surface area contributed by atoms with E-state index in [9.17, 15) is 0 Å². The summed E-state index contributed by atoms with van der Waals surface area (Å²) >= 11 is 0. The lowest BCUT2D eigenvalue weighted by Crippen LogP contribution is -2.16. The quantitative estimate of drug-likeness (QED) is 0.719. The third kappa shape index (κ3) is 2.66. The van der Waals surface area contributed by atoms with Crippen molar-refractivity contribution in [1.29, 1.82) is 0 Å². The Morgan fingerprint density at radius 1 is 1.43 bits per heavy atom. The van der Waals surface area contributed by atoms with Crippen LogP contribution in [0.3, 0.4) is 0 Å². The second-order valence-electron chi connectivity index (χ2n) is 3.87. The van der Waals surface area contributed by atoms with E-state index in [2.05, 4.69) is 32.2 Å². The summed E-state index contributed by atoms with van der Waals surface area (Å²) in [5, 5.41) is 3.45. The van der Waals surface area contributed by atoms with Gasteiger partial charge < -0.3 is 11.1 Å². The van der Waals surface area contributed by atoms with Crippen LogP contribution in [-0.2, 0) is 0 Å². The Morgan fingerprint density at radius 2 is 2.14 bits per heavy atom. The SMILES string of the molecule is CCCC(C)Nc1c(C)cccc1N. The Kier molecular flexibility index (Phi) is 3.81. The van der Waals surface area contributed by atoms with Gasteiger partial charge in [0.15, 0.2) is 0 Å². The zero-order chi connectivity index (χ0) is 10.6. The van der Waals surface area contributed by atoms with Gasteiger partial charge in [0.05, 0.1) is 11.4 Å². The first-order valence-electron chi connectivity index (χ1n) is 5.26. The molecule has 78 valence electrons. The summed E-state index contributed by atoms with van der Waals surface area (Å²) in [6.45, 7) is 6.46. The first-order valence-corrected chi connectivity index (χ1v) is 5.26. The minimum Gasteiger partial charge on any atom is -0.397 e. The second-order valence-corrected chi connectivity index (χ2v) is 3.87. The first kappa shape index (κ1) is 10.9. The van der Waals surface area contributed by atoms with Crippen molar-refractivity contribution in [2.45, 2.75) is 39.7 Å². The van der Waals surface area contributed by atoms with Crippen molar-refractivity contribution in [2.75, 3.05) is 11.1 Å². The molecule has 0 heterocycles. The number of hydrogen-bond acceptors (Lipinski definition) is 2. The van der Waals surface area contributed by atoms with Crippen LogP contribution in [0.5, 0.6) is 0 Å². The van der Waals surface area contributed by atoms with Crippen LogP contribution in [0.1, 0.15) is 32.3 Å². The molecule has 0 aromatic heterocycles. The lowest BCUT2D eigenvalue weighted by Gasteiger charge is -2.17. The Bertz CT molecular complexity index is 274. The average Bonchev–Trinajstić information content (AvgIpc) is 2.12. The molecule has 1 rings (SSSR count). The van der Waals surface area contributed by atoms with Gasteiger partial charge in [-0.15, -0.1) is 0 Å². The maximum atomic E-state index is 5.90. The van der Waals surface area contributed by atoms with Gasteiger partial charge in [-0.1, -0.05) is 25.5 Å². The number of anilines is 2. The van der Waals surface area contributed by atoms with Crippen LogP contribution in [0.15, 0.2) is 18.2 Å². The van der Waals surface area contributed by atoms with Gasteiger partial charge in [0.1, 0.15) is 0 Å². The molecule has 1 aromatic carbocycles. The number of nitrogens with two attached hydrogens (primary N) is 1. The molecule has 0 spiro atoms. The molecule has 0 bridgehead atoms. The molecule has 1 unspecified atom stereocenters. The molecule has 3 N–H and O–H groups in total. The van der Waals surface area contributed by atoms with E-state index in [1.54, 1.807) is 0 Å². The summed E-state index contributed by atoms with van der Waals surface area (Å²) in [7, 11) is 0. The van der Waals surface area contributed by atoms with Gasteiger partial charge in [0.2, 0.25) is 0 Å². The summed E-state index contributed by atoms with van der Waals surface area (Å²) in [4.78, 5) is 0. The molecule has 0 fully saturated rings. The van der Waals surface area contributed by atoms with Gasteiger partial charge in [-0.2, -0.15) is 0 Å². The highest BCUT2D eigenvalue weighted by atomic mass is 14.9. The van der Waals surface area contributed by atoms with Crippen molar-refractivity contribution in [1.82, 2.24) is 0 Å². The summed E-state index contributed by atoms with van der Waals surface area (Å²) < 4.78 is 0. The molecule has 1 aromatic rings. The zero-order valence-corrected chi connectivity index (χ0v) is 9.30. The molecule has 2 heteroatoms. The molecule has 1 atom stereocenters. The minimum absolute atomic E-state index is 0.489. The van der Waals surface area contributed by atoms with Gasteiger partial charge in [-0.3, -0.25) is 0 Å². The normalized spacial score (nSPS) is 12.5. The highest BCUT2D eigenvalue weighted by Gasteiger charge is 2.05. The van der Waals surface area contributed by atoms with Crippen LogP contribution >= 0.6 is 0 Å². The molecule has 0 aliphatic heterocycles. The van der Waals surface area contributed by atoms with Gasteiger partial charge in [-0.25, -0.2) is 0 Å². The van der Waals surface area contributed by atoms with E-state index in [0.717, 1.165) is 11.4 Å². The van der Waals surface area contributed by atoms with E-state index in [0.29, 0.717) is 6.04 Å². The lowest BCUT2D eigenvalue weighted by atomic mass is 10.1. The molecule has 0 radical (unpaired) electrons. The molecule has 0 saturated heterocycles. The van der Waals surface area contributed by atoms with Gasteiger partial charge in [-0.05, 0) is 31.9 Å². The number of hydrogen-bond donors (Lipinski definition) is 2. The van der Waals surface area contributed by atoms with Gasteiger partial charge in [0, 0.05) is 6.04 Å². The van der Waals surface area contributed by atoms with E-state index >= 15 is 0 Å². The summed E-state index contributed by atoms with van der Waals surface area (Å²) in [6, 6.07) is 6.49. The maximum absolute atomic E-state index is 5.90. The Labute approximate surface area is 86.5 Å². The van der Waals surface area contributed by atoms with Crippen LogP contribution in [-0.4, -0.2) is 6.04 Å². The van der Waals surface area contributed by atoms with Crippen molar-refractivity contribution in [3.8, 4) is 0 Å². The van der Waals surface area contributed by atoms with E-state index in [1.807, 2.05) is 12.1 Å². The molecule has 0 aliphatic carbocycles. The summed E-state index contributed by atoms with van der Waals surface area (Å²) in [5.74, 6) is 0. The monoisotopic (exact) mass is 192 g/mol. The van der Waals surface area contributed by atoms with Crippen LogP contribution in [0.4, 0.5) is 11.4 Å². The predicted octanol–water partition coefficient (Wildman–Crippen LogP) is 3.18. The Balaban J connectivity index is 2.75. The highest BCUT2D eigenvalue weighted by Crippen LogP contribution is 2.23. The molecule has 14 heavy (non-hydrogen) atoms. The van der Waals surface area contributed by atoms with E-state index < -0.39 is 0 Å². The second kappa shape index (κ2) is 4.89. The molecule has 2 nitrogen and oxygen atoms in total. The fourth-order valence-corrected chi connectivity index (χ4v) is 1.64. The Hall–Kier alpha value is -1.18. The standard InChI is InChI=1S/C12H20N2/c1-4-6-10(3)14-12-9(2)7-5-8-11(12)13/h5,7-8,10,14H,4,6,13H2,1-3H3. The van der Waals surface area contributed by atoms with Crippen molar-refractivity contribution >= 4 is 11.4 Å². The van der Waals surface area contributed by atoms with Crippen molar-refractivity contribution in [3.05, 3.63) is 23.8 Å². The number of nitrogens with one attached hydrogen (secondary N) is 1. The van der Waals surface area contributed by atoms with E-state index in [1.165, 1.54) is 18.4 Å². The van der Waals surface area contributed by atoms with Gasteiger partial charge >= 0.3 is 0 Å². The molecular weight excluding hydrogens is 172 g/mol. The predicted molar refractivity (Wildman–Crippen MR) is 63.6 cm³/mol. The fraction of sp³-hybridized carbons (Fsp3) is 0.500. The summed E-state index contributed by atoms with van der Waals surface area (Å²) in [5.41, 5.74) is 9.05. The number of para-hydroxylation sites is 1. The number of benzene rings is 1. The molecule has 0 amide bonds. The number of nitrogen functional groups attached to an aromatic ring is 1. The van der Waals surface area contributed by atoms with E-state index in [-0.39, 0.29) is 0 Å².